The Hall–Kier alpha value is -1.88. The van der Waals surface area contributed by atoms with E-state index in [4.69, 9.17) is 16.3 Å². The molecule has 6 heteroatoms. The average molecular weight is 316 g/mol. The largest absolute Gasteiger partial charge is 0.492 e. The van der Waals surface area contributed by atoms with Gasteiger partial charge in [0.05, 0.1) is 5.56 Å². The minimum Gasteiger partial charge on any atom is -0.492 e. The first-order valence-corrected chi connectivity index (χ1v) is 6.62. The number of rotatable bonds is 5. The standard InChI is InChI=1S/C15H13ClF3NO/c16-12-4-6-14(7-5-12)21-9-8-20-13-3-1-2-11(10-13)15(17,18)19/h1-7,10,20H,8-9H2. The molecule has 0 unspecified atom stereocenters. The highest BCUT2D eigenvalue weighted by Gasteiger charge is 2.30. The first-order chi connectivity index (χ1) is 9.95. The Balaban J connectivity index is 1.82. The maximum atomic E-state index is 12.5. The Kier molecular flexibility index (Phi) is 4.96. The summed E-state index contributed by atoms with van der Waals surface area (Å²) >= 11 is 5.74. The van der Waals surface area contributed by atoms with E-state index >= 15 is 0 Å². The second-order valence-electron chi connectivity index (χ2n) is 4.31. The van der Waals surface area contributed by atoms with Gasteiger partial charge >= 0.3 is 6.18 Å². The number of benzene rings is 2. The molecule has 0 aliphatic heterocycles. The SMILES string of the molecule is FC(F)(F)c1cccc(NCCOc2ccc(Cl)cc2)c1. The molecule has 0 atom stereocenters. The van der Waals surface area contributed by atoms with Crippen LogP contribution in [0, 0.1) is 0 Å². The van der Waals surface area contributed by atoms with E-state index in [1.807, 2.05) is 0 Å². The third-order valence-electron chi connectivity index (χ3n) is 2.70. The van der Waals surface area contributed by atoms with Gasteiger partial charge in [0.25, 0.3) is 0 Å². The predicted molar refractivity (Wildman–Crippen MR) is 76.9 cm³/mol. The van der Waals surface area contributed by atoms with Crippen LogP contribution >= 0.6 is 11.6 Å². The van der Waals surface area contributed by atoms with Crippen molar-refractivity contribution in [3.05, 3.63) is 59.1 Å². The molecule has 0 fully saturated rings. The van der Waals surface area contributed by atoms with Gasteiger partial charge in [-0.15, -0.1) is 0 Å². The summed E-state index contributed by atoms with van der Waals surface area (Å²) in [5.41, 5.74) is -0.268. The summed E-state index contributed by atoms with van der Waals surface area (Å²) in [7, 11) is 0. The molecule has 2 aromatic rings. The van der Waals surface area contributed by atoms with Gasteiger partial charge in [0.2, 0.25) is 0 Å². The molecule has 21 heavy (non-hydrogen) atoms. The molecule has 0 aliphatic rings. The molecule has 0 aromatic heterocycles. The Morgan fingerprint density at radius 2 is 1.76 bits per heavy atom. The van der Waals surface area contributed by atoms with Crippen LogP contribution in [0.15, 0.2) is 48.5 Å². The molecule has 2 rings (SSSR count). The molecular formula is C15H13ClF3NO. The summed E-state index contributed by atoms with van der Waals surface area (Å²) in [6, 6.07) is 11.9. The molecule has 0 aliphatic carbocycles. The van der Waals surface area contributed by atoms with Crippen LogP contribution in [0.2, 0.25) is 5.02 Å². The van der Waals surface area contributed by atoms with Gasteiger partial charge in [0.1, 0.15) is 12.4 Å². The molecule has 2 aromatic carbocycles. The number of anilines is 1. The van der Waals surface area contributed by atoms with Crippen LogP contribution in [0.1, 0.15) is 5.56 Å². The fourth-order valence-electron chi connectivity index (χ4n) is 1.70. The summed E-state index contributed by atoms with van der Waals surface area (Å²) < 4.78 is 43.1. The Morgan fingerprint density at radius 3 is 2.43 bits per heavy atom. The summed E-state index contributed by atoms with van der Waals surface area (Å²) in [6.07, 6.45) is -4.34. The maximum absolute atomic E-state index is 12.5. The highest BCUT2D eigenvalue weighted by atomic mass is 35.5. The third kappa shape index (κ3) is 4.86. The van der Waals surface area contributed by atoms with E-state index in [2.05, 4.69) is 5.32 Å². The zero-order chi connectivity index (χ0) is 15.3. The topological polar surface area (TPSA) is 21.3 Å². The van der Waals surface area contributed by atoms with Gasteiger partial charge in [-0.05, 0) is 42.5 Å². The molecule has 0 bridgehead atoms. The summed E-state index contributed by atoms with van der Waals surface area (Å²) in [6.45, 7) is 0.724. The lowest BCUT2D eigenvalue weighted by molar-refractivity contribution is -0.137. The van der Waals surface area contributed by atoms with Crippen molar-refractivity contribution in [3.8, 4) is 5.75 Å². The maximum Gasteiger partial charge on any atom is 0.416 e. The highest BCUT2D eigenvalue weighted by molar-refractivity contribution is 6.30. The van der Waals surface area contributed by atoms with E-state index in [9.17, 15) is 13.2 Å². The van der Waals surface area contributed by atoms with Crippen LogP contribution in [-0.2, 0) is 6.18 Å². The molecule has 0 saturated carbocycles. The third-order valence-corrected chi connectivity index (χ3v) is 2.96. The number of nitrogens with one attached hydrogen (secondary N) is 1. The molecule has 1 N–H and O–H groups in total. The van der Waals surface area contributed by atoms with Crippen molar-refractivity contribution in [2.75, 3.05) is 18.5 Å². The van der Waals surface area contributed by atoms with E-state index < -0.39 is 11.7 Å². The van der Waals surface area contributed by atoms with E-state index in [1.54, 1.807) is 30.3 Å². The molecule has 0 amide bonds. The number of hydrogen-bond donors (Lipinski definition) is 1. The molecule has 0 saturated heterocycles. The summed E-state index contributed by atoms with van der Waals surface area (Å²) in [5.74, 6) is 0.658. The number of alkyl halides is 3. The zero-order valence-corrected chi connectivity index (χ0v) is 11.7. The van der Waals surface area contributed by atoms with Gasteiger partial charge in [0.15, 0.2) is 0 Å². The van der Waals surface area contributed by atoms with Crippen LogP contribution in [0.4, 0.5) is 18.9 Å². The Morgan fingerprint density at radius 1 is 1.05 bits per heavy atom. The Bertz CT molecular complexity index is 584. The minimum absolute atomic E-state index is 0.331. The molecule has 0 radical (unpaired) electrons. The first kappa shape index (κ1) is 15.5. The number of halogens is 4. The van der Waals surface area contributed by atoms with Crippen LogP contribution < -0.4 is 10.1 Å². The van der Waals surface area contributed by atoms with Crippen molar-refractivity contribution >= 4 is 17.3 Å². The first-order valence-electron chi connectivity index (χ1n) is 6.25. The van der Waals surface area contributed by atoms with Crippen molar-refractivity contribution in [1.29, 1.82) is 0 Å². The Labute approximate surface area is 125 Å². The summed E-state index contributed by atoms with van der Waals surface area (Å²) in [5, 5.41) is 3.50. The lowest BCUT2D eigenvalue weighted by Crippen LogP contribution is -2.12. The molecule has 0 heterocycles. The molecule has 2 nitrogen and oxygen atoms in total. The van der Waals surface area contributed by atoms with E-state index in [1.165, 1.54) is 6.07 Å². The highest BCUT2D eigenvalue weighted by Crippen LogP contribution is 2.30. The normalized spacial score (nSPS) is 11.2. The van der Waals surface area contributed by atoms with Crippen molar-refractivity contribution < 1.29 is 17.9 Å². The van der Waals surface area contributed by atoms with Crippen LogP contribution in [-0.4, -0.2) is 13.2 Å². The van der Waals surface area contributed by atoms with Crippen molar-refractivity contribution in [2.45, 2.75) is 6.18 Å². The quantitative estimate of drug-likeness (QED) is 0.796. The van der Waals surface area contributed by atoms with Crippen LogP contribution in [0.25, 0.3) is 0 Å². The predicted octanol–water partition coefficient (Wildman–Crippen LogP) is 4.85. The van der Waals surface area contributed by atoms with E-state index in [0.717, 1.165) is 12.1 Å². The van der Waals surface area contributed by atoms with Gasteiger partial charge in [0, 0.05) is 17.3 Å². The van der Waals surface area contributed by atoms with Crippen LogP contribution in [0.3, 0.4) is 0 Å². The van der Waals surface area contributed by atoms with Gasteiger partial charge < -0.3 is 10.1 Å². The van der Waals surface area contributed by atoms with Gasteiger partial charge in [-0.25, -0.2) is 0 Å². The van der Waals surface area contributed by atoms with Gasteiger partial charge in [-0.2, -0.15) is 13.2 Å². The summed E-state index contributed by atoms with van der Waals surface area (Å²) in [4.78, 5) is 0. The second-order valence-corrected chi connectivity index (χ2v) is 4.74. The second kappa shape index (κ2) is 6.72. The fraction of sp³-hybridized carbons (Fsp3) is 0.200. The minimum atomic E-state index is -4.34. The molecular weight excluding hydrogens is 303 g/mol. The van der Waals surface area contributed by atoms with Gasteiger partial charge in [-0.1, -0.05) is 17.7 Å². The average Bonchev–Trinajstić information content (AvgIpc) is 2.45. The van der Waals surface area contributed by atoms with Crippen molar-refractivity contribution in [1.82, 2.24) is 0 Å². The lowest BCUT2D eigenvalue weighted by Gasteiger charge is -2.11. The van der Waals surface area contributed by atoms with E-state index in [-0.39, 0.29) is 0 Å². The number of ether oxygens (including phenoxy) is 1. The number of hydrogen-bond acceptors (Lipinski definition) is 2. The molecule has 0 spiro atoms. The zero-order valence-electron chi connectivity index (χ0n) is 11.0. The lowest BCUT2D eigenvalue weighted by atomic mass is 10.2. The van der Waals surface area contributed by atoms with E-state index in [0.29, 0.717) is 29.6 Å². The van der Waals surface area contributed by atoms with Crippen LogP contribution in [0.5, 0.6) is 5.75 Å². The van der Waals surface area contributed by atoms with Crippen molar-refractivity contribution in [2.24, 2.45) is 0 Å². The van der Waals surface area contributed by atoms with Crippen molar-refractivity contribution in [3.63, 3.8) is 0 Å². The monoisotopic (exact) mass is 315 g/mol. The molecule has 112 valence electrons. The smallest absolute Gasteiger partial charge is 0.416 e. The fourth-order valence-corrected chi connectivity index (χ4v) is 1.83. The van der Waals surface area contributed by atoms with Gasteiger partial charge in [-0.3, -0.25) is 0 Å².